The van der Waals surface area contributed by atoms with Crippen LogP contribution in [0.1, 0.15) is 18.5 Å². The molecule has 1 unspecified atom stereocenters. The number of ether oxygens (including phenoxy) is 1. The highest BCUT2D eigenvalue weighted by molar-refractivity contribution is 6.31. The largest absolute Gasteiger partial charge is 0.495 e. The van der Waals surface area contributed by atoms with Gasteiger partial charge in [0.2, 0.25) is 5.91 Å². The Morgan fingerprint density at radius 3 is 2.54 bits per heavy atom. The minimum Gasteiger partial charge on any atom is -0.495 e. The Labute approximate surface area is 167 Å². The van der Waals surface area contributed by atoms with E-state index < -0.39 is 11.9 Å². The van der Waals surface area contributed by atoms with Gasteiger partial charge < -0.3 is 10.1 Å². The highest BCUT2D eigenvalue weighted by Crippen LogP contribution is 2.28. The number of benzene rings is 2. The molecule has 1 heterocycles. The highest BCUT2D eigenvalue weighted by atomic mass is 35.5. The van der Waals surface area contributed by atoms with Crippen molar-refractivity contribution in [1.29, 1.82) is 0 Å². The molecule has 3 rings (SSSR count). The lowest BCUT2D eigenvalue weighted by Gasteiger charge is -2.16. The Morgan fingerprint density at radius 1 is 1.14 bits per heavy atom. The van der Waals surface area contributed by atoms with Crippen LogP contribution in [0.2, 0.25) is 5.02 Å². The third-order valence-electron chi connectivity index (χ3n) is 4.34. The number of anilines is 1. The maximum atomic E-state index is 12.7. The molecule has 2 aromatic carbocycles. The molecule has 3 aromatic rings. The van der Waals surface area contributed by atoms with Crippen LogP contribution in [0.25, 0.3) is 11.3 Å². The van der Waals surface area contributed by atoms with Gasteiger partial charge in [-0.3, -0.25) is 9.59 Å². The van der Waals surface area contributed by atoms with E-state index >= 15 is 0 Å². The minimum atomic E-state index is -0.832. The number of nitrogens with zero attached hydrogens (tertiary/aromatic N) is 2. The molecule has 0 bridgehead atoms. The maximum absolute atomic E-state index is 12.7. The third kappa shape index (κ3) is 4.23. The molecule has 28 heavy (non-hydrogen) atoms. The second-order valence-electron chi connectivity index (χ2n) is 6.38. The van der Waals surface area contributed by atoms with E-state index in [4.69, 9.17) is 16.3 Å². The van der Waals surface area contributed by atoms with Gasteiger partial charge in [-0.05, 0) is 38.1 Å². The monoisotopic (exact) mass is 397 g/mol. The predicted molar refractivity (Wildman–Crippen MR) is 110 cm³/mol. The van der Waals surface area contributed by atoms with Gasteiger partial charge in [0.1, 0.15) is 11.8 Å². The summed E-state index contributed by atoms with van der Waals surface area (Å²) in [6.07, 6.45) is 0. The lowest BCUT2D eigenvalue weighted by atomic mass is 10.1. The summed E-state index contributed by atoms with van der Waals surface area (Å²) < 4.78 is 6.41. The number of hydrogen-bond donors (Lipinski definition) is 1. The minimum absolute atomic E-state index is 0.364. The Kier molecular flexibility index (Phi) is 5.80. The van der Waals surface area contributed by atoms with Crippen molar-refractivity contribution in [1.82, 2.24) is 9.78 Å². The normalized spacial score (nSPS) is 11.7. The molecule has 0 aliphatic carbocycles. The molecule has 1 amide bonds. The first-order valence-electron chi connectivity index (χ1n) is 8.70. The predicted octanol–water partition coefficient (Wildman–Crippen LogP) is 4.08. The Hall–Kier alpha value is -3.12. The van der Waals surface area contributed by atoms with Crippen molar-refractivity contribution in [3.8, 4) is 17.0 Å². The van der Waals surface area contributed by atoms with E-state index in [-0.39, 0.29) is 5.56 Å². The van der Waals surface area contributed by atoms with Crippen LogP contribution in [0.4, 0.5) is 5.69 Å². The van der Waals surface area contributed by atoms with Crippen LogP contribution in [0.3, 0.4) is 0 Å². The Morgan fingerprint density at radius 2 is 1.86 bits per heavy atom. The standard InChI is InChI=1S/C21H20ClN3O3/c1-13-4-6-15(7-5-13)17-9-11-20(26)25(24-17)14(2)21(27)23-18-12-16(22)8-10-19(18)28-3/h4-12,14H,1-3H3,(H,23,27). The van der Waals surface area contributed by atoms with Crippen LogP contribution in [-0.2, 0) is 4.79 Å². The van der Waals surface area contributed by atoms with Crippen LogP contribution >= 0.6 is 11.6 Å². The molecule has 0 spiro atoms. The molecule has 1 aromatic heterocycles. The van der Waals surface area contributed by atoms with Crippen LogP contribution in [0.5, 0.6) is 5.75 Å². The molecule has 0 saturated heterocycles. The summed E-state index contributed by atoms with van der Waals surface area (Å²) in [5, 5.41) is 7.59. The van der Waals surface area contributed by atoms with E-state index in [1.807, 2.05) is 31.2 Å². The van der Waals surface area contributed by atoms with Gasteiger partial charge in [0, 0.05) is 16.7 Å². The van der Waals surface area contributed by atoms with Crippen molar-refractivity contribution in [3.63, 3.8) is 0 Å². The molecule has 7 heteroatoms. The third-order valence-corrected chi connectivity index (χ3v) is 4.57. The van der Waals surface area contributed by atoms with Crippen molar-refractivity contribution in [2.24, 2.45) is 0 Å². The fourth-order valence-electron chi connectivity index (χ4n) is 2.71. The molecule has 6 nitrogen and oxygen atoms in total. The number of carbonyl (C=O) groups excluding carboxylic acids is 1. The molecule has 1 atom stereocenters. The quantitative estimate of drug-likeness (QED) is 0.704. The summed E-state index contributed by atoms with van der Waals surface area (Å²) >= 11 is 6.00. The Bertz CT molecular complexity index is 1060. The van der Waals surface area contributed by atoms with Crippen LogP contribution < -0.4 is 15.6 Å². The number of hydrogen-bond acceptors (Lipinski definition) is 4. The number of carbonyl (C=O) groups is 1. The van der Waals surface area contributed by atoms with Gasteiger partial charge in [0.25, 0.3) is 5.56 Å². The van der Waals surface area contributed by atoms with Gasteiger partial charge in [0.15, 0.2) is 0 Å². The molecule has 144 valence electrons. The fourth-order valence-corrected chi connectivity index (χ4v) is 2.88. The topological polar surface area (TPSA) is 73.2 Å². The van der Waals surface area contributed by atoms with Gasteiger partial charge in [-0.1, -0.05) is 41.4 Å². The number of methoxy groups -OCH3 is 1. The summed E-state index contributed by atoms with van der Waals surface area (Å²) in [5.74, 6) is 0.0647. The average Bonchev–Trinajstić information content (AvgIpc) is 2.68. The van der Waals surface area contributed by atoms with Crippen molar-refractivity contribution in [2.75, 3.05) is 12.4 Å². The first-order valence-corrected chi connectivity index (χ1v) is 9.08. The van der Waals surface area contributed by atoms with Crippen molar-refractivity contribution >= 4 is 23.2 Å². The number of aryl methyl sites for hydroxylation is 1. The van der Waals surface area contributed by atoms with E-state index in [1.165, 1.54) is 17.9 Å². The maximum Gasteiger partial charge on any atom is 0.267 e. The molecule has 0 saturated carbocycles. The molecular formula is C21H20ClN3O3. The molecule has 0 aliphatic heterocycles. The second-order valence-corrected chi connectivity index (χ2v) is 6.81. The first kappa shape index (κ1) is 19.6. The number of rotatable bonds is 5. The first-order chi connectivity index (χ1) is 13.4. The smallest absolute Gasteiger partial charge is 0.267 e. The zero-order valence-electron chi connectivity index (χ0n) is 15.8. The van der Waals surface area contributed by atoms with Crippen molar-refractivity contribution in [2.45, 2.75) is 19.9 Å². The van der Waals surface area contributed by atoms with Crippen LogP contribution in [0.15, 0.2) is 59.4 Å². The summed E-state index contributed by atoms with van der Waals surface area (Å²) in [6, 6.07) is 14.9. The van der Waals surface area contributed by atoms with E-state index in [1.54, 1.807) is 31.2 Å². The SMILES string of the molecule is COc1ccc(Cl)cc1NC(=O)C(C)n1nc(-c2ccc(C)cc2)ccc1=O. The zero-order chi connectivity index (χ0) is 20.3. The summed E-state index contributed by atoms with van der Waals surface area (Å²) in [7, 11) is 1.50. The second kappa shape index (κ2) is 8.27. The fraction of sp³-hybridized carbons (Fsp3) is 0.190. The molecule has 0 radical (unpaired) electrons. The van der Waals surface area contributed by atoms with Gasteiger partial charge in [0.05, 0.1) is 18.5 Å². The van der Waals surface area contributed by atoms with Gasteiger partial charge >= 0.3 is 0 Å². The average molecular weight is 398 g/mol. The Balaban J connectivity index is 1.89. The van der Waals surface area contributed by atoms with E-state index in [9.17, 15) is 9.59 Å². The zero-order valence-corrected chi connectivity index (χ0v) is 16.5. The van der Waals surface area contributed by atoms with Crippen LogP contribution in [0, 0.1) is 6.92 Å². The van der Waals surface area contributed by atoms with E-state index in [2.05, 4.69) is 10.4 Å². The number of nitrogens with one attached hydrogen (secondary N) is 1. The summed E-state index contributed by atoms with van der Waals surface area (Å²) in [5.41, 5.74) is 2.66. The molecular weight excluding hydrogens is 378 g/mol. The number of amides is 1. The van der Waals surface area contributed by atoms with Crippen LogP contribution in [-0.4, -0.2) is 22.8 Å². The van der Waals surface area contributed by atoms with Gasteiger partial charge in [-0.15, -0.1) is 0 Å². The summed E-state index contributed by atoms with van der Waals surface area (Å²) in [4.78, 5) is 25.0. The number of aromatic nitrogens is 2. The van der Waals surface area contributed by atoms with E-state index in [0.717, 1.165) is 11.1 Å². The highest BCUT2D eigenvalue weighted by Gasteiger charge is 2.19. The van der Waals surface area contributed by atoms with Gasteiger partial charge in [-0.2, -0.15) is 5.10 Å². The van der Waals surface area contributed by atoms with Gasteiger partial charge in [-0.25, -0.2) is 4.68 Å². The van der Waals surface area contributed by atoms with E-state index in [0.29, 0.717) is 22.2 Å². The molecule has 0 fully saturated rings. The molecule has 0 aliphatic rings. The lowest BCUT2D eigenvalue weighted by molar-refractivity contribution is -0.119. The summed E-state index contributed by atoms with van der Waals surface area (Å²) in [6.45, 7) is 3.61. The van der Waals surface area contributed by atoms with Crippen molar-refractivity contribution < 1.29 is 9.53 Å². The molecule has 1 N–H and O–H groups in total. The van der Waals surface area contributed by atoms with Crippen molar-refractivity contribution in [3.05, 3.63) is 75.5 Å². The number of halogens is 1. The lowest BCUT2D eigenvalue weighted by Crippen LogP contribution is -2.33.